The van der Waals surface area contributed by atoms with E-state index < -0.39 is 10.1 Å². The predicted molar refractivity (Wildman–Crippen MR) is 49.0 cm³/mol. The van der Waals surface area contributed by atoms with Gasteiger partial charge in [-0.2, -0.15) is 8.42 Å². The largest absolute Gasteiger partial charge is 0.344 e. The Morgan fingerprint density at radius 1 is 1.25 bits per heavy atom. The fraction of sp³-hybridized carbons (Fsp3) is 0. The Labute approximate surface area is 79.1 Å². The van der Waals surface area contributed by atoms with Crippen LogP contribution in [-0.2, 0) is 10.1 Å². The topological polar surface area (TPSA) is 89.4 Å². The fourth-order valence-corrected chi connectivity index (χ4v) is 2.12. The number of benzene rings is 1. The second-order valence-corrected chi connectivity index (χ2v) is 4.15. The van der Waals surface area contributed by atoms with Crippen LogP contribution in [0.5, 0.6) is 0 Å². The highest BCUT2D eigenvalue weighted by atomic mass is 79.9. The quantitative estimate of drug-likeness (QED) is 0.748. The smallest absolute Gasteiger partial charge is 0.295 e. The van der Waals surface area contributed by atoms with Crippen LogP contribution in [0.15, 0.2) is 33.6 Å². The predicted octanol–water partition coefficient (Wildman–Crippen LogP) is 1.86. The van der Waals surface area contributed by atoms with Crippen molar-refractivity contribution in [2.24, 2.45) is 0 Å². The number of rotatable bonds is 1. The van der Waals surface area contributed by atoms with E-state index in [0.717, 1.165) is 0 Å². The molecule has 6 heteroatoms. The molecular formula is C6H8BrNO3S. The zero-order chi connectivity index (χ0) is 8.48. The molecule has 0 aliphatic rings. The number of halogens is 1. The van der Waals surface area contributed by atoms with Crippen LogP contribution < -0.4 is 6.15 Å². The van der Waals surface area contributed by atoms with E-state index in [4.69, 9.17) is 4.55 Å². The van der Waals surface area contributed by atoms with Crippen molar-refractivity contribution in [2.45, 2.75) is 4.90 Å². The summed E-state index contributed by atoms with van der Waals surface area (Å²) < 4.78 is 30.1. The van der Waals surface area contributed by atoms with Gasteiger partial charge >= 0.3 is 0 Å². The molecule has 4 N–H and O–H groups in total. The van der Waals surface area contributed by atoms with E-state index in [1.54, 1.807) is 12.1 Å². The van der Waals surface area contributed by atoms with E-state index in [1.165, 1.54) is 12.1 Å². The van der Waals surface area contributed by atoms with Crippen LogP contribution in [-0.4, -0.2) is 13.0 Å². The fourth-order valence-electron chi connectivity index (χ4n) is 0.654. The first-order valence-electron chi connectivity index (χ1n) is 2.74. The first-order valence-corrected chi connectivity index (χ1v) is 4.97. The van der Waals surface area contributed by atoms with Crippen molar-refractivity contribution < 1.29 is 13.0 Å². The molecule has 1 rings (SSSR count). The summed E-state index contributed by atoms with van der Waals surface area (Å²) in [6.07, 6.45) is 0. The average molecular weight is 254 g/mol. The lowest BCUT2D eigenvalue weighted by molar-refractivity contribution is 0.482. The first kappa shape index (κ1) is 11.6. The van der Waals surface area contributed by atoms with Crippen LogP contribution in [0.2, 0.25) is 0 Å². The van der Waals surface area contributed by atoms with Crippen LogP contribution in [0.4, 0.5) is 0 Å². The number of hydrogen-bond acceptors (Lipinski definition) is 3. The van der Waals surface area contributed by atoms with Crippen molar-refractivity contribution in [1.82, 2.24) is 6.15 Å². The minimum Gasteiger partial charge on any atom is -0.344 e. The van der Waals surface area contributed by atoms with Crippen molar-refractivity contribution in [2.75, 3.05) is 0 Å². The van der Waals surface area contributed by atoms with Crippen molar-refractivity contribution in [3.05, 3.63) is 28.7 Å². The van der Waals surface area contributed by atoms with Crippen molar-refractivity contribution in [3.63, 3.8) is 0 Å². The Morgan fingerprint density at radius 2 is 1.75 bits per heavy atom. The molecular weight excluding hydrogens is 246 g/mol. The molecule has 4 nitrogen and oxygen atoms in total. The van der Waals surface area contributed by atoms with E-state index in [1.807, 2.05) is 0 Å². The van der Waals surface area contributed by atoms with Crippen LogP contribution in [0, 0.1) is 0 Å². The summed E-state index contributed by atoms with van der Waals surface area (Å²) in [4.78, 5) is -0.111. The summed E-state index contributed by atoms with van der Waals surface area (Å²) in [6, 6.07) is 6.06. The third-order valence-electron chi connectivity index (χ3n) is 1.11. The molecule has 1 aromatic rings. The molecule has 0 bridgehead atoms. The lowest BCUT2D eigenvalue weighted by atomic mass is 10.4. The van der Waals surface area contributed by atoms with Crippen LogP contribution in [0.3, 0.4) is 0 Å². The van der Waals surface area contributed by atoms with E-state index in [0.29, 0.717) is 4.47 Å². The molecule has 0 saturated heterocycles. The van der Waals surface area contributed by atoms with Gasteiger partial charge in [0.15, 0.2) is 0 Å². The molecule has 0 spiro atoms. The monoisotopic (exact) mass is 253 g/mol. The Balaban J connectivity index is 0.00000121. The molecule has 0 unspecified atom stereocenters. The van der Waals surface area contributed by atoms with Gasteiger partial charge in [0.05, 0.1) is 0 Å². The van der Waals surface area contributed by atoms with Gasteiger partial charge in [0.25, 0.3) is 10.1 Å². The van der Waals surface area contributed by atoms with Gasteiger partial charge in [-0.1, -0.05) is 12.1 Å². The molecule has 68 valence electrons. The van der Waals surface area contributed by atoms with Gasteiger partial charge in [0.2, 0.25) is 0 Å². The second kappa shape index (κ2) is 3.99. The second-order valence-electron chi connectivity index (χ2n) is 1.91. The van der Waals surface area contributed by atoms with E-state index >= 15 is 0 Å². The average Bonchev–Trinajstić information content (AvgIpc) is 1.86. The molecule has 0 radical (unpaired) electrons. The van der Waals surface area contributed by atoms with Gasteiger partial charge in [-0.15, -0.1) is 0 Å². The molecule has 0 fully saturated rings. The lowest BCUT2D eigenvalue weighted by Gasteiger charge is -1.97. The Hall–Kier alpha value is -0.430. The molecule has 0 saturated carbocycles. The molecule has 1 aromatic carbocycles. The van der Waals surface area contributed by atoms with Crippen LogP contribution in [0.1, 0.15) is 0 Å². The maximum absolute atomic E-state index is 10.6. The van der Waals surface area contributed by atoms with Crippen molar-refractivity contribution in [1.29, 1.82) is 0 Å². The van der Waals surface area contributed by atoms with E-state index in [9.17, 15) is 8.42 Å². The van der Waals surface area contributed by atoms with Gasteiger partial charge in [-0.25, -0.2) is 0 Å². The van der Waals surface area contributed by atoms with Crippen LogP contribution in [0.25, 0.3) is 0 Å². The van der Waals surface area contributed by atoms with E-state index in [2.05, 4.69) is 15.9 Å². The summed E-state index contributed by atoms with van der Waals surface area (Å²) in [6.45, 7) is 0. The number of hydrogen-bond donors (Lipinski definition) is 2. The van der Waals surface area contributed by atoms with Gasteiger partial charge in [0, 0.05) is 4.47 Å². The van der Waals surface area contributed by atoms with Gasteiger partial charge in [0.1, 0.15) is 4.90 Å². The minimum absolute atomic E-state index is 0. The maximum Gasteiger partial charge on any atom is 0.295 e. The lowest BCUT2D eigenvalue weighted by Crippen LogP contribution is -1.98. The minimum atomic E-state index is -4.08. The van der Waals surface area contributed by atoms with Crippen LogP contribution >= 0.6 is 15.9 Å². The Bertz CT molecular complexity index is 363. The highest BCUT2D eigenvalue weighted by molar-refractivity contribution is 9.10. The summed E-state index contributed by atoms with van der Waals surface area (Å²) in [5, 5.41) is 0. The normalized spacial score (nSPS) is 10.5. The molecule has 0 heterocycles. The highest BCUT2D eigenvalue weighted by Gasteiger charge is 2.11. The third kappa shape index (κ3) is 2.56. The molecule has 0 aliphatic carbocycles. The van der Waals surface area contributed by atoms with Crippen molar-refractivity contribution >= 4 is 26.0 Å². The maximum atomic E-state index is 10.6. The molecule has 0 atom stereocenters. The SMILES string of the molecule is N.O=S(=O)(O)c1ccccc1Br. The summed E-state index contributed by atoms with van der Waals surface area (Å²) in [5.74, 6) is 0. The standard InChI is InChI=1S/C6H5BrO3S.H3N/c7-5-3-1-2-4-6(5)11(8,9)10;/h1-4H,(H,8,9,10);1H3. The summed E-state index contributed by atoms with van der Waals surface area (Å²) in [7, 11) is -4.08. The van der Waals surface area contributed by atoms with Gasteiger partial charge < -0.3 is 6.15 Å². The van der Waals surface area contributed by atoms with Gasteiger partial charge in [-0.05, 0) is 28.1 Å². The van der Waals surface area contributed by atoms with Gasteiger partial charge in [-0.3, -0.25) is 4.55 Å². The zero-order valence-electron chi connectivity index (χ0n) is 6.07. The molecule has 0 aliphatic heterocycles. The van der Waals surface area contributed by atoms with E-state index in [-0.39, 0.29) is 11.0 Å². The zero-order valence-corrected chi connectivity index (χ0v) is 8.47. The summed E-state index contributed by atoms with van der Waals surface area (Å²) >= 11 is 2.99. The van der Waals surface area contributed by atoms with Crippen molar-refractivity contribution in [3.8, 4) is 0 Å². The molecule has 0 aromatic heterocycles. The third-order valence-corrected chi connectivity index (χ3v) is 2.98. The molecule has 12 heavy (non-hydrogen) atoms. The Morgan fingerprint density at radius 3 is 2.08 bits per heavy atom. The highest BCUT2D eigenvalue weighted by Crippen LogP contribution is 2.20. The Kier molecular flexibility index (Phi) is 3.85. The summed E-state index contributed by atoms with van der Waals surface area (Å²) in [5.41, 5.74) is 0. The first-order chi connectivity index (χ1) is 5.02. The molecule has 0 amide bonds.